The van der Waals surface area contributed by atoms with E-state index in [0.29, 0.717) is 21.8 Å². The van der Waals surface area contributed by atoms with Gasteiger partial charge in [-0.2, -0.15) is 0 Å². The van der Waals surface area contributed by atoms with E-state index in [0.717, 1.165) is 19.3 Å². The highest BCUT2D eigenvalue weighted by Crippen LogP contribution is 2.32. The number of carbonyl (C=O) groups is 1. The van der Waals surface area contributed by atoms with Crippen molar-refractivity contribution in [2.24, 2.45) is 0 Å². The molecule has 1 amide bonds. The van der Waals surface area contributed by atoms with Crippen LogP contribution in [0.15, 0.2) is 30.4 Å². The second kappa shape index (κ2) is 5.66. The number of carbonyl (C=O) groups excluding carboxylic acids is 1. The summed E-state index contributed by atoms with van der Waals surface area (Å²) < 4.78 is 5.53. The molecular formula is C15H15Cl2NO2. The van der Waals surface area contributed by atoms with Crippen LogP contribution in [0.1, 0.15) is 19.3 Å². The minimum Gasteiger partial charge on any atom is -0.482 e. The average Bonchev–Trinajstić information content (AvgIpc) is 2.67. The zero-order valence-corrected chi connectivity index (χ0v) is 12.4. The van der Waals surface area contributed by atoms with Crippen molar-refractivity contribution >= 4 is 29.1 Å². The number of hydrogen-bond donors (Lipinski definition) is 0. The monoisotopic (exact) mass is 311 g/mol. The van der Waals surface area contributed by atoms with Gasteiger partial charge in [0.25, 0.3) is 5.91 Å². The fourth-order valence-electron chi connectivity index (χ4n) is 2.92. The Balaban J connectivity index is 1.64. The van der Waals surface area contributed by atoms with Gasteiger partial charge < -0.3 is 9.64 Å². The molecule has 106 valence electrons. The number of nitrogens with zero attached hydrogens (tertiary/aromatic N) is 1. The van der Waals surface area contributed by atoms with Crippen LogP contribution >= 0.6 is 23.2 Å². The Bertz CT molecular complexity index is 559. The number of fused-ring (bicyclic) bond motifs is 2. The first-order chi connectivity index (χ1) is 9.65. The summed E-state index contributed by atoms with van der Waals surface area (Å²) >= 11 is 11.8. The minimum absolute atomic E-state index is 0.0161. The maximum absolute atomic E-state index is 12.3. The molecule has 2 aliphatic heterocycles. The van der Waals surface area contributed by atoms with Crippen LogP contribution in [0.5, 0.6) is 5.75 Å². The topological polar surface area (TPSA) is 29.5 Å². The Morgan fingerprint density at radius 2 is 2.20 bits per heavy atom. The quantitative estimate of drug-likeness (QED) is 0.797. The summed E-state index contributed by atoms with van der Waals surface area (Å²) in [6.45, 7) is 0.0161. The summed E-state index contributed by atoms with van der Waals surface area (Å²) in [5.41, 5.74) is 0. The van der Waals surface area contributed by atoms with Gasteiger partial charge in [0.05, 0.1) is 11.1 Å². The van der Waals surface area contributed by atoms with Gasteiger partial charge in [0.15, 0.2) is 6.61 Å². The Labute approximate surface area is 128 Å². The highest BCUT2D eigenvalue weighted by molar-refractivity contribution is 6.35. The lowest BCUT2D eigenvalue weighted by Crippen LogP contribution is -2.44. The lowest BCUT2D eigenvalue weighted by Gasteiger charge is -2.31. The van der Waals surface area contributed by atoms with Crippen LogP contribution in [0.25, 0.3) is 0 Å². The Hall–Kier alpha value is -1.19. The van der Waals surface area contributed by atoms with Gasteiger partial charge in [-0.25, -0.2) is 0 Å². The van der Waals surface area contributed by atoms with Crippen LogP contribution in [0, 0.1) is 0 Å². The van der Waals surface area contributed by atoms with Crippen molar-refractivity contribution < 1.29 is 9.53 Å². The van der Waals surface area contributed by atoms with Crippen LogP contribution in [0.2, 0.25) is 10.0 Å². The van der Waals surface area contributed by atoms with E-state index in [1.807, 2.05) is 4.90 Å². The van der Waals surface area contributed by atoms with Crippen LogP contribution in [-0.2, 0) is 4.79 Å². The molecule has 2 aliphatic rings. The van der Waals surface area contributed by atoms with Gasteiger partial charge in [0.1, 0.15) is 5.75 Å². The Kier molecular flexibility index (Phi) is 3.90. The number of ether oxygens (including phenoxy) is 1. The molecule has 3 rings (SSSR count). The van der Waals surface area contributed by atoms with E-state index in [4.69, 9.17) is 27.9 Å². The van der Waals surface area contributed by atoms with Crippen molar-refractivity contribution in [1.82, 2.24) is 4.90 Å². The second-order valence-electron chi connectivity index (χ2n) is 5.13. The zero-order valence-electron chi connectivity index (χ0n) is 10.9. The molecule has 5 heteroatoms. The summed E-state index contributed by atoms with van der Waals surface area (Å²) in [6.07, 6.45) is 7.36. The summed E-state index contributed by atoms with van der Waals surface area (Å²) in [7, 11) is 0. The van der Waals surface area contributed by atoms with Crippen molar-refractivity contribution in [2.45, 2.75) is 31.3 Å². The molecule has 2 bridgehead atoms. The third-order valence-corrected chi connectivity index (χ3v) is 4.38. The summed E-state index contributed by atoms with van der Waals surface area (Å²) in [5.74, 6) is 0.511. The molecule has 1 aromatic rings. The fraction of sp³-hybridized carbons (Fsp3) is 0.400. The molecule has 1 saturated heterocycles. The highest BCUT2D eigenvalue weighted by atomic mass is 35.5. The Morgan fingerprint density at radius 3 is 2.95 bits per heavy atom. The smallest absolute Gasteiger partial charge is 0.261 e. The molecule has 1 aromatic carbocycles. The normalized spacial score (nSPS) is 24.0. The first-order valence-corrected chi connectivity index (χ1v) is 7.46. The molecule has 20 heavy (non-hydrogen) atoms. The van der Waals surface area contributed by atoms with Crippen molar-refractivity contribution in [3.63, 3.8) is 0 Å². The molecule has 2 atom stereocenters. The number of hydrogen-bond acceptors (Lipinski definition) is 2. The molecule has 0 saturated carbocycles. The molecule has 0 radical (unpaired) electrons. The predicted octanol–water partition coefficient (Wildman–Crippen LogP) is 3.69. The largest absolute Gasteiger partial charge is 0.482 e. The minimum atomic E-state index is 0.0161. The van der Waals surface area contributed by atoms with Crippen LogP contribution in [0.3, 0.4) is 0 Å². The summed E-state index contributed by atoms with van der Waals surface area (Å²) in [4.78, 5) is 14.3. The van der Waals surface area contributed by atoms with Gasteiger partial charge in [0.2, 0.25) is 0 Å². The van der Waals surface area contributed by atoms with Crippen molar-refractivity contribution in [3.8, 4) is 5.75 Å². The Morgan fingerprint density at radius 1 is 1.35 bits per heavy atom. The van der Waals surface area contributed by atoms with Crippen LogP contribution in [0.4, 0.5) is 0 Å². The maximum Gasteiger partial charge on any atom is 0.261 e. The summed E-state index contributed by atoms with van der Waals surface area (Å²) in [6, 6.07) is 5.56. The van der Waals surface area contributed by atoms with E-state index in [1.165, 1.54) is 0 Å². The van der Waals surface area contributed by atoms with Crippen LogP contribution in [-0.4, -0.2) is 29.5 Å². The lowest BCUT2D eigenvalue weighted by molar-refractivity contribution is -0.135. The molecule has 0 N–H and O–H groups in total. The first-order valence-electron chi connectivity index (χ1n) is 6.71. The fourth-order valence-corrected chi connectivity index (χ4v) is 3.38. The van der Waals surface area contributed by atoms with Gasteiger partial charge in [0, 0.05) is 11.1 Å². The van der Waals surface area contributed by atoms with E-state index in [-0.39, 0.29) is 18.6 Å². The molecule has 3 nitrogen and oxygen atoms in total. The zero-order chi connectivity index (χ0) is 14.1. The van der Waals surface area contributed by atoms with E-state index in [2.05, 4.69) is 12.2 Å². The van der Waals surface area contributed by atoms with E-state index >= 15 is 0 Å². The highest BCUT2D eigenvalue weighted by Gasteiger charge is 2.37. The van der Waals surface area contributed by atoms with Gasteiger partial charge in [-0.05, 0) is 37.5 Å². The number of rotatable bonds is 3. The molecule has 2 heterocycles. The summed E-state index contributed by atoms with van der Waals surface area (Å²) in [5, 5.41) is 0.972. The average molecular weight is 312 g/mol. The third kappa shape index (κ3) is 2.65. The van der Waals surface area contributed by atoms with Gasteiger partial charge >= 0.3 is 0 Å². The van der Waals surface area contributed by atoms with E-state index in [9.17, 15) is 4.79 Å². The van der Waals surface area contributed by atoms with Gasteiger partial charge in [-0.1, -0.05) is 35.4 Å². The second-order valence-corrected chi connectivity index (χ2v) is 5.97. The standard InChI is InChI=1S/C15H15Cl2NO2/c16-10-4-7-14(13(17)8-10)20-9-15(19)18-11-2-1-3-12(18)6-5-11/h1-2,4,7-8,11-12H,3,5-6,9H2/t11-,12-/m0/s1. The lowest BCUT2D eigenvalue weighted by atomic mass is 10.1. The molecule has 0 unspecified atom stereocenters. The first kappa shape index (κ1) is 13.8. The molecule has 1 fully saturated rings. The number of halogens is 2. The third-order valence-electron chi connectivity index (χ3n) is 3.85. The van der Waals surface area contributed by atoms with Crippen molar-refractivity contribution in [1.29, 1.82) is 0 Å². The maximum atomic E-state index is 12.3. The van der Waals surface area contributed by atoms with Crippen molar-refractivity contribution in [2.75, 3.05) is 6.61 Å². The predicted molar refractivity (Wildman–Crippen MR) is 79.4 cm³/mol. The van der Waals surface area contributed by atoms with E-state index < -0.39 is 0 Å². The number of benzene rings is 1. The van der Waals surface area contributed by atoms with Gasteiger partial charge in [-0.15, -0.1) is 0 Å². The van der Waals surface area contributed by atoms with E-state index in [1.54, 1.807) is 18.2 Å². The van der Waals surface area contributed by atoms with Crippen molar-refractivity contribution in [3.05, 3.63) is 40.4 Å². The van der Waals surface area contributed by atoms with Gasteiger partial charge in [-0.3, -0.25) is 4.79 Å². The number of amides is 1. The van der Waals surface area contributed by atoms with Crippen LogP contribution < -0.4 is 4.74 Å². The molecule has 0 aliphatic carbocycles. The SMILES string of the molecule is O=C(COc1ccc(Cl)cc1Cl)N1[C@H]2CC=C[C@H]1CC2. The molecular weight excluding hydrogens is 297 g/mol. The molecule has 0 spiro atoms. The molecule has 0 aromatic heterocycles.